The van der Waals surface area contributed by atoms with Crippen LogP contribution in [-0.2, 0) is 16.0 Å². The summed E-state index contributed by atoms with van der Waals surface area (Å²) in [4.78, 5) is 18.2. The summed E-state index contributed by atoms with van der Waals surface area (Å²) in [6.07, 6.45) is 3.36. The van der Waals surface area contributed by atoms with E-state index in [1.54, 1.807) is 7.11 Å². The van der Waals surface area contributed by atoms with Gasteiger partial charge in [0.25, 0.3) is 0 Å². The number of methoxy groups -OCH3 is 1. The van der Waals surface area contributed by atoms with Gasteiger partial charge in [-0.2, -0.15) is 0 Å². The average molecular weight is 399 g/mol. The van der Waals surface area contributed by atoms with Gasteiger partial charge in [-0.15, -0.1) is 0 Å². The first kappa shape index (κ1) is 22.2. The Labute approximate surface area is 171 Å². The molecule has 156 valence electrons. The maximum atomic E-state index is 11.7. The van der Waals surface area contributed by atoms with E-state index in [2.05, 4.69) is 10.3 Å². The molecule has 29 heavy (non-hydrogen) atoms. The van der Waals surface area contributed by atoms with E-state index in [0.29, 0.717) is 19.6 Å². The first-order chi connectivity index (χ1) is 13.9. The first-order valence-electron chi connectivity index (χ1n) is 9.43. The van der Waals surface area contributed by atoms with Crippen molar-refractivity contribution in [1.29, 1.82) is 5.41 Å². The molecule has 0 saturated heterocycles. The number of rotatable bonds is 10. The summed E-state index contributed by atoms with van der Waals surface area (Å²) in [6, 6.07) is 9.88. The van der Waals surface area contributed by atoms with Crippen LogP contribution in [0, 0.1) is 5.41 Å². The highest BCUT2D eigenvalue weighted by Crippen LogP contribution is 2.32. The standard InChI is InChI=1S/C21H29N5O3/c1-26(2)19-9-7-16(14-24-19)17-8-5-15(6-10-20(27)25-21(22)23)13-18(17)29-12-4-11-28-3/h5,7-9,13-14H,4,6,10-12H2,1-3H3,(H4,22,23,25,27). The fraction of sp³-hybridized carbons (Fsp3) is 0.381. The number of carbonyl (C=O) groups excluding carboxylic acids is 1. The summed E-state index contributed by atoms with van der Waals surface area (Å²) in [5.41, 5.74) is 8.05. The van der Waals surface area contributed by atoms with E-state index < -0.39 is 0 Å². The lowest BCUT2D eigenvalue weighted by Crippen LogP contribution is -2.35. The number of hydrogen-bond acceptors (Lipinski definition) is 6. The second kappa shape index (κ2) is 11.0. The molecule has 0 unspecified atom stereocenters. The molecule has 8 nitrogen and oxygen atoms in total. The van der Waals surface area contributed by atoms with Gasteiger partial charge in [0, 0.05) is 58.0 Å². The molecule has 0 fully saturated rings. The molecule has 2 aromatic rings. The molecule has 0 atom stereocenters. The number of nitrogens with zero attached hydrogens (tertiary/aromatic N) is 2. The fourth-order valence-corrected chi connectivity index (χ4v) is 2.75. The van der Waals surface area contributed by atoms with Gasteiger partial charge < -0.3 is 20.1 Å². The zero-order chi connectivity index (χ0) is 21.2. The van der Waals surface area contributed by atoms with Gasteiger partial charge in [-0.25, -0.2) is 4.98 Å². The van der Waals surface area contributed by atoms with Gasteiger partial charge in [0.05, 0.1) is 6.61 Å². The largest absolute Gasteiger partial charge is 0.493 e. The number of benzene rings is 1. The van der Waals surface area contributed by atoms with Crippen LogP contribution < -0.4 is 20.7 Å². The number of guanidine groups is 1. The van der Waals surface area contributed by atoms with E-state index in [-0.39, 0.29) is 18.3 Å². The molecule has 1 heterocycles. The zero-order valence-corrected chi connectivity index (χ0v) is 17.2. The van der Waals surface area contributed by atoms with Crippen LogP contribution in [0.15, 0.2) is 36.5 Å². The summed E-state index contributed by atoms with van der Waals surface area (Å²) in [5, 5.41) is 9.42. The van der Waals surface area contributed by atoms with Crippen LogP contribution in [-0.4, -0.2) is 51.3 Å². The Kier molecular flexibility index (Phi) is 8.42. The molecule has 2 rings (SSSR count). The molecule has 0 aliphatic heterocycles. The molecule has 0 spiro atoms. The van der Waals surface area contributed by atoms with Crippen LogP contribution >= 0.6 is 0 Å². The summed E-state index contributed by atoms with van der Waals surface area (Å²) in [7, 11) is 5.56. The molecular formula is C21H29N5O3. The number of ether oxygens (including phenoxy) is 2. The monoisotopic (exact) mass is 399 g/mol. The number of hydrogen-bond donors (Lipinski definition) is 3. The molecule has 4 N–H and O–H groups in total. The molecule has 0 radical (unpaired) electrons. The summed E-state index contributed by atoms with van der Waals surface area (Å²) >= 11 is 0. The number of amides is 1. The zero-order valence-electron chi connectivity index (χ0n) is 17.2. The lowest BCUT2D eigenvalue weighted by Gasteiger charge is -2.15. The second-order valence-electron chi connectivity index (χ2n) is 6.79. The van der Waals surface area contributed by atoms with Gasteiger partial charge in [0.1, 0.15) is 11.6 Å². The SMILES string of the molecule is COCCCOc1cc(CCC(=O)NC(=N)N)ccc1-c1ccc(N(C)C)nc1. The van der Waals surface area contributed by atoms with Crippen LogP contribution in [0.2, 0.25) is 0 Å². The third-order valence-electron chi connectivity index (χ3n) is 4.23. The van der Waals surface area contributed by atoms with Crippen LogP contribution in [0.4, 0.5) is 5.82 Å². The molecule has 1 aromatic carbocycles. The van der Waals surface area contributed by atoms with Crippen molar-refractivity contribution in [2.24, 2.45) is 5.73 Å². The van der Waals surface area contributed by atoms with Crippen molar-refractivity contribution in [3.05, 3.63) is 42.1 Å². The Hall–Kier alpha value is -3.13. The third-order valence-corrected chi connectivity index (χ3v) is 4.23. The number of nitrogens with one attached hydrogen (secondary N) is 2. The van der Waals surface area contributed by atoms with Gasteiger partial charge in [0.15, 0.2) is 5.96 Å². The summed E-state index contributed by atoms with van der Waals surface area (Å²) in [6.45, 7) is 1.15. The molecule has 1 aromatic heterocycles. The van der Waals surface area contributed by atoms with Crippen molar-refractivity contribution in [3.63, 3.8) is 0 Å². The maximum Gasteiger partial charge on any atom is 0.226 e. The summed E-state index contributed by atoms with van der Waals surface area (Å²) in [5.74, 6) is 0.989. The molecule has 0 aliphatic carbocycles. The Balaban J connectivity index is 2.20. The van der Waals surface area contributed by atoms with Crippen molar-refractivity contribution >= 4 is 17.7 Å². The summed E-state index contributed by atoms with van der Waals surface area (Å²) < 4.78 is 11.1. The molecule has 0 saturated carbocycles. The number of aryl methyl sites for hydroxylation is 1. The van der Waals surface area contributed by atoms with E-state index in [4.69, 9.17) is 20.6 Å². The fourth-order valence-electron chi connectivity index (χ4n) is 2.75. The van der Waals surface area contributed by atoms with Gasteiger partial charge >= 0.3 is 0 Å². The number of nitrogens with two attached hydrogens (primary N) is 1. The quantitative estimate of drug-likeness (QED) is 0.321. The van der Waals surface area contributed by atoms with Crippen LogP contribution in [0.5, 0.6) is 5.75 Å². The molecule has 0 aliphatic rings. The van der Waals surface area contributed by atoms with E-state index >= 15 is 0 Å². The molecule has 0 bridgehead atoms. The number of pyridine rings is 1. The van der Waals surface area contributed by atoms with Gasteiger partial charge in [-0.05, 0) is 30.2 Å². The average Bonchev–Trinajstić information content (AvgIpc) is 2.69. The van der Waals surface area contributed by atoms with Crippen molar-refractivity contribution in [1.82, 2.24) is 10.3 Å². The number of aromatic nitrogens is 1. The molecular weight excluding hydrogens is 370 g/mol. The first-order valence-corrected chi connectivity index (χ1v) is 9.43. The minimum atomic E-state index is -0.346. The topological polar surface area (TPSA) is 114 Å². The minimum absolute atomic E-state index is 0.237. The highest BCUT2D eigenvalue weighted by molar-refractivity contribution is 5.94. The predicted molar refractivity (Wildman–Crippen MR) is 114 cm³/mol. The van der Waals surface area contributed by atoms with Crippen molar-refractivity contribution < 1.29 is 14.3 Å². The van der Waals surface area contributed by atoms with Crippen molar-refractivity contribution in [2.45, 2.75) is 19.3 Å². The Morgan fingerprint density at radius 2 is 2.03 bits per heavy atom. The highest BCUT2D eigenvalue weighted by Gasteiger charge is 2.11. The lowest BCUT2D eigenvalue weighted by atomic mass is 10.0. The Morgan fingerprint density at radius 3 is 2.66 bits per heavy atom. The lowest BCUT2D eigenvalue weighted by molar-refractivity contribution is -0.119. The maximum absolute atomic E-state index is 11.7. The predicted octanol–water partition coefficient (Wildman–Crippen LogP) is 2.17. The van der Waals surface area contributed by atoms with E-state index in [0.717, 1.165) is 34.7 Å². The van der Waals surface area contributed by atoms with Crippen molar-refractivity contribution in [3.8, 4) is 16.9 Å². The number of anilines is 1. The van der Waals surface area contributed by atoms with Gasteiger partial charge in [0.2, 0.25) is 5.91 Å². The van der Waals surface area contributed by atoms with Crippen LogP contribution in [0.3, 0.4) is 0 Å². The highest BCUT2D eigenvalue weighted by atomic mass is 16.5. The van der Waals surface area contributed by atoms with Gasteiger partial charge in [-0.1, -0.05) is 12.1 Å². The molecule has 8 heteroatoms. The Morgan fingerprint density at radius 1 is 1.24 bits per heavy atom. The third kappa shape index (κ3) is 7.08. The second-order valence-corrected chi connectivity index (χ2v) is 6.79. The smallest absolute Gasteiger partial charge is 0.226 e. The van der Waals surface area contributed by atoms with E-state index in [9.17, 15) is 4.79 Å². The normalized spacial score (nSPS) is 10.4. The minimum Gasteiger partial charge on any atom is -0.493 e. The van der Waals surface area contributed by atoms with Gasteiger partial charge in [-0.3, -0.25) is 15.5 Å². The van der Waals surface area contributed by atoms with E-state index in [1.165, 1.54) is 0 Å². The molecule has 1 amide bonds. The van der Waals surface area contributed by atoms with E-state index in [1.807, 2.05) is 55.5 Å². The van der Waals surface area contributed by atoms with Crippen molar-refractivity contribution in [2.75, 3.05) is 39.3 Å². The number of carbonyl (C=O) groups is 1. The van der Waals surface area contributed by atoms with Crippen LogP contribution in [0.25, 0.3) is 11.1 Å². The van der Waals surface area contributed by atoms with Crippen LogP contribution in [0.1, 0.15) is 18.4 Å². The Bertz CT molecular complexity index is 822.